The number of alkyl halides is 3. The normalized spacial score (nSPS) is 19.9. The van der Waals surface area contributed by atoms with Crippen LogP contribution in [0.2, 0.25) is 0 Å². The van der Waals surface area contributed by atoms with Gasteiger partial charge in [0.1, 0.15) is 11.4 Å². The van der Waals surface area contributed by atoms with Gasteiger partial charge in [-0.25, -0.2) is 4.79 Å². The third kappa shape index (κ3) is 8.08. The number of nitrogens with zero attached hydrogens (tertiary/aromatic N) is 2. The van der Waals surface area contributed by atoms with E-state index in [-0.39, 0.29) is 30.4 Å². The van der Waals surface area contributed by atoms with E-state index in [0.717, 1.165) is 17.7 Å². The molecule has 1 N–H and O–H groups in total. The second-order valence-electron chi connectivity index (χ2n) is 12.9. The Balaban J connectivity index is 1.71. The average molecular weight is 634 g/mol. The van der Waals surface area contributed by atoms with E-state index in [9.17, 15) is 27.6 Å². The van der Waals surface area contributed by atoms with Gasteiger partial charge >= 0.3 is 12.3 Å². The lowest BCUT2D eigenvalue weighted by Crippen LogP contribution is -2.54. The average Bonchev–Trinajstić information content (AvgIpc) is 2.95. The first-order valence-electron chi connectivity index (χ1n) is 15.1. The van der Waals surface area contributed by atoms with E-state index in [1.54, 1.807) is 27.9 Å². The summed E-state index contributed by atoms with van der Waals surface area (Å²) in [6.07, 6.45) is -3.86. The van der Waals surface area contributed by atoms with Crippen molar-refractivity contribution in [3.05, 3.63) is 59.2 Å². The van der Waals surface area contributed by atoms with Crippen molar-refractivity contribution >= 4 is 23.6 Å². The van der Waals surface area contributed by atoms with Crippen molar-refractivity contribution in [1.29, 1.82) is 0 Å². The Morgan fingerprint density at radius 2 is 1.78 bits per heavy atom. The van der Waals surface area contributed by atoms with Crippen LogP contribution in [0, 0.1) is 0 Å². The third-order valence-corrected chi connectivity index (χ3v) is 7.85. The van der Waals surface area contributed by atoms with Crippen LogP contribution in [-0.2, 0) is 20.4 Å². The summed E-state index contributed by atoms with van der Waals surface area (Å²) < 4.78 is 59.8. The fourth-order valence-electron chi connectivity index (χ4n) is 5.71. The molecule has 45 heavy (non-hydrogen) atoms. The molecule has 0 aromatic heterocycles. The minimum atomic E-state index is -4.89. The Bertz CT molecular complexity index is 1390. The zero-order chi connectivity index (χ0) is 33.2. The van der Waals surface area contributed by atoms with Crippen LogP contribution in [0.25, 0.3) is 0 Å². The Kier molecular flexibility index (Phi) is 10.1. The van der Waals surface area contributed by atoms with Gasteiger partial charge in [0, 0.05) is 39.3 Å². The first kappa shape index (κ1) is 34.1. The zero-order valence-electron chi connectivity index (χ0n) is 26.6. The molecule has 2 aromatic rings. The van der Waals surface area contributed by atoms with Gasteiger partial charge in [0.2, 0.25) is 0 Å². The number of hydrogen-bond acceptors (Lipinski definition) is 6. The molecule has 0 saturated carbocycles. The quantitative estimate of drug-likeness (QED) is 0.350. The van der Waals surface area contributed by atoms with E-state index >= 15 is 0 Å². The molecule has 0 unspecified atom stereocenters. The largest absolute Gasteiger partial charge is 0.476 e. The Labute approximate surface area is 262 Å². The van der Waals surface area contributed by atoms with Crippen molar-refractivity contribution in [3.8, 4) is 5.75 Å². The maximum absolute atomic E-state index is 14.5. The smallest absolute Gasteiger partial charge is 0.417 e. The number of halogens is 3. The van der Waals surface area contributed by atoms with Crippen molar-refractivity contribution in [1.82, 2.24) is 10.2 Å². The summed E-state index contributed by atoms with van der Waals surface area (Å²) in [6.45, 7) is 9.27. The molecule has 2 aliphatic heterocycles. The van der Waals surface area contributed by atoms with Crippen molar-refractivity contribution in [2.45, 2.75) is 83.2 Å². The van der Waals surface area contributed by atoms with Crippen LogP contribution in [-0.4, -0.2) is 73.4 Å². The highest BCUT2D eigenvalue weighted by molar-refractivity contribution is 6.05. The van der Waals surface area contributed by atoms with E-state index in [4.69, 9.17) is 14.2 Å². The molecule has 9 nitrogen and oxygen atoms in total. The lowest BCUT2D eigenvalue weighted by Gasteiger charge is -2.40. The molecule has 0 aliphatic carbocycles. The molecule has 1 saturated heterocycles. The number of carbonyl (C=O) groups is 3. The topological polar surface area (TPSA) is 97.4 Å². The monoisotopic (exact) mass is 633 g/mol. The molecule has 1 fully saturated rings. The van der Waals surface area contributed by atoms with E-state index in [2.05, 4.69) is 5.32 Å². The van der Waals surface area contributed by atoms with Gasteiger partial charge in [-0.3, -0.25) is 9.59 Å². The van der Waals surface area contributed by atoms with Crippen molar-refractivity contribution < 1.29 is 41.8 Å². The fourth-order valence-corrected chi connectivity index (χ4v) is 5.71. The maximum Gasteiger partial charge on any atom is 0.417 e. The predicted octanol–water partition coefficient (Wildman–Crippen LogP) is 6.16. The molecule has 246 valence electrons. The minimum absolute atomic E-state index is 0.0356. The first-order chi connectivity index (χ1) is 21.0. The molecule has 2 heterocycles. The van der Waals surface area contributed by atoms with Crippen LogP contribution in [0.5, 0.6) is 5.75 Å². The number of piperidine rings is 1. The SMILES string of the molecule is COCCCCN1C(=O)C(C)(C)Oc2cc(C(F)(F)F)c(C(=O)N[C@@H]3CN(C(=O)OC(C)(C)C)CC[C@H]3c3ccccc3)cc21. The van der Waals surface area contributed by atoms with Gasteiger partial charge in [0.05, 0.1) is 22.9 Å². The van der Waals surface area contributed by atoms with E-state index in [1.807, 2.05) is 30.3 Å². The molecular formula is C33H42F3N3O6. The van der Waals surface area contributed by atoms with E-state index < -0.39 is 52.5 Å². The lowest BCUT2D eigenvalue weighted by atomic mass is 9.85. The van der Waals surface area contributed by atoms with Crippen molar-refractivity contribution in [2.24, 2.45) is 0 Å². The molecule has 4 rings (SSSR count). The molecule has 0 radical (unpaired) electrons. The highest BCUT2D eigenvalue weighted by atomic mass is 19.4. The van der Waals surface area contributed by atoms with Gasteiger partial charge < -0.3 is 29.3 Å². The van der Waals surface area contributed by atoms with Gasteiger partial charge in [-0.05, 0) is 71.6 Å². The van der Waals surface area contributed by atoms with E-state index in [1.165, 1.54) is 23.6 Å². The molecule has 2 aliphatic rings. The second kappa shape index (κ2) is 13.3. The number of anilines is 1. The van der Waals surface area contributed by atoms with Crippen LogP contribution in [0.4, 0.5) is 23.7 Å². The highest BCUT2D eigenvalue weighted by Crippen LogP contribution is 2.44. The summed E-state index contributed by atoms with van der Waals surface area (Å²) in [5.41, 5.74) is -3.00. The molecular weight excluding hydrogens is 591 g/mol. The van der Waals surface area contributed by atoms with Gasteiger partial charge in [0.15, 0.2) is 5.60 Å². The number of rotatable bonds is 8. The van der Waals surface area contributed by atoms with Gasteiger partial charge in [-0.2, -0.15) is 13.2 Å². The number of fused-ring (bicyclic) bond motifs is 1. The number of amides is 3. The first-order valence-corrected chi connectivity index (χ1v) is 15.1. The molecule has 2 atom stereocenters. The Hall–Kier alpha value is -3.80. The Morgan fingerprint density at radius 3 is 2.40 bits per heavy atom. The summed E-state index contributed by atoms with van der Waals surface area (Å²) in [5, 5.41) is 2.80. The zero-order valence-corrected chi connectivity index (χ0v) is 26.6. The predicted molar refractivity (Wildman–Crippen MR) is 162 cm³/mol. The van der Waals surface area contributed by atoms with Crippen LogP contribution < -0.4 is 15.0 Å². The summed E-state index contributed by atoms with van der Waals surface area (Å²) in [7, 11) is 1.56. The molecule has 0 spiro atoms. The van der Waals surface area contributed by atoms with Crippen LogP contribution in [0.3, 0.4) is 0 Å². The number of carbonyl (C=O) groups excluding carboxylic acids is 3. The highest BCUT2D eigenvalue weighted by Gasteiger charge is 2.45. The number of benzene rings is 2. The van der Waals surface area contributed by atoms with Crippen LogP contribution in [0.1, 0.15) is 81.3 Å². The molecule has 0 bridgehead atoms. The third-order valence-electron chi connectivity index (χ3n) is 7.85. The number of likely N-dealkylation sites (tertiary alicyclic amines) is 1. The molecule has 12 heteroatoms. The fraction of sp³-hybridized carbons (Fsp3) is 0.545. The second-order valence-corrected chi connectivity index (χ2v) is 12.9. The minimum Gasteiger partial charge on any atom is -0.476 e. The van der Waals surface area contributed by atoms with Crippen LogP contribution >= 0.6 is 0 Å². The number of methoxy groups -OCH3 is 1. The van der Waals surface area contributed by atoms with Gasteiger partial charge in [-0.15, -0.1) is 0 Å². The summed E-state index contributed by atoms with van der Waals surface area (Å²) >= 11 is 0. The van der Waals surface area contributed by atoms with Gasteiger partial charge in [-0.1, -0.05) is 30.3 Å². The summed E-state index contributed by atoms with van der Waals surface area (Å²) in [4.78, 5) is 43.0. The molecule has 3 amide bonds. The number of ether oxygens (including phenoxy) is 3. The maximum atomic E-state index is 14.5. The van der Waals surface area contributed by atoms with Crippen molar-refractivity contribution in [3.63, 3.8) is 0 Å². The summed E-state index contributed by atoms with van der Waals surface area (Å²) in [5.74, 6) is -1.81. The van der Waals surface area contributed by atoms with Crippen molar-refractivity contribution in [2.75, 3.05) is 38.3 Å². The molecule has 2 aromatic carbocycles. The van der Waals surface area contributed by atoms with Crippen LogP contribution in [0.15, 0.2) is 42.5 Å². The number of unbranched alkanes of at least 4 members (excludes halogenated alkanes) is 1. The Morgan fingerprint density at radius 1 is 1.09 bits per heavy atom. The number of hydrogen-bond donors (Lipinski definition) is 1. The summed E-state index contributed by atoms with van der Waals surface area (Å²) in [6, 6.07) is 10.5. The standard InChI is InChI=1S/C33H42F3N3O6/c1-31(2,3)45-30(42)38-16-14-22(21-12-8-7-9-13-21)25(20-38)37-28(40)23-18-26-27(19-24(23)33(34,35)36)44-32(4,5)29(41)39(26)15-10-11-17-43-6/h7-9,12-13,18-19,22,25H,10-11,14-17,20H2,1-6H3,(H,37,40)/t22-,25+/m0/s1. The lowest BCUT2D eigenvalue weighted by molar-refractivity contribution is -0.138. The van der Waals surface area contributed by atoms with Gasteiger partial charge in [0.25, 0.3) is 11.8 Å². The number of nitrogens with one attached hydrogen (secondary N) is 1. The van der Waals surface area contributed by atoms with E-state index in [0.29, 0.717) is 32.4 Å².